The van der Waals surface area contributed by atoms with Gasteiger partial charge in [-0.05, 0) is 12.8 Å². The Morgan fingerprint density at radius 1 is 1.31 bits per heavy atom. The van der Waals surface area contributed by atoms with E-state index < -0.39 is 0 Å². The molecular formula is C11H17ClN4. The van der Waals surface area contributed by atoms with Crippen LogP contribution >= 0.6 is 11.6 Å². The molecule has 0 aliphatic heterocycles. The predicted molar refractivity (Wildman–Crippen MR) is 66.7 cm³/mol. The van der Waals surface area contributed by atoms with Gasteiger partial charge in [0.1, 0.15) is 11.0 Å². The minimum atomic E-state index is 0.408. The first-order chi connectivity index (χ1) is 7.66. The van der Waals surface area contributed by atoms with Gasteiger partial charge in [-0.15, -0.1) is 0 Å². The highest BCUT2D eigenvalue weighted by molar-refractivity contribution is 6.29. The van der Waals surface area contributed by atoms with Crippen LogP contribution in [-0.2, 0) is 0 Å². The molecular weight excluding hydrogens is 224 g/mol. The Hall–Kier alpha value is -1.03. The molecule has 1 fully saturated rings. The molecule has 1 aliphatic carbocycles. The predicted octanol–water partition coefficient (Wildman–Crippen LogP) is 2.48. The lowest BCUT2D eigenvalue weighted by atomic mass is 9.95. The number of hydrogen-bond donors (Lipinski definition) is 1. The van der Waals surface area contributed by atoms with Crippen molar-refractivity contribution in [1.82, 2.24) is 9.97 Å². The van der Waals surface area contributed by atoms with Gasteiger partial charge in [0, 0.05) is 19.2 Å². The van der Waals surface area contributed by atoms with Gasteiger partial charge in [-0.1, -0.05) is 30.9 Å². The van der Waals surface area contributed by atoms with Gasteiger partial charge in [-0.3, -0.25) is 0 Å². The minimum Gasteiger partial charge on any atom is -0.383 e. The SMILES string of the molecule is CN(c1nc(N)cc(Cl)n1)C1CCCCC1. The molecule has 0 saturated heterocycles. The largest absolute Gasteiger partial charge is 0.383 e. The van der Waals surface area contributed by atoms with E-state index in [0.29, 0.717) is 23.0 Å². The lowest BCUT2D eigenvalue weighted by molar-refractivity contribution is 0.424. The first-order valence-corrected chi connectivity index (χ1v) is 6.07. The lowest BCUT2D eigenvalue weighted by Crippen LogP contribution is -2.34. The molecule has 1 saturated carbocycles. The van der Waals surface area contributed by atoms with E-state index in [0.717, 1.165) is 0 Å². The molecule has 5 heteroatoms. The highest BCUT2D eigenvalue weighted by atomic mass is 35.5. The van der Waals surface area contributed by atoms with E-state index in [2.05, 4.69) is 14.9 Å². The van der Waals surface area contributed by atoms with Crippen LogP contribution < -0.4 is 10.6 Å². The highest BCUT2D eigenvalue weighted by Gasteiger charge is 2.20. The van der Waals surface area contributed by atoms with Gasteiger partial charge >= 0.3 is 0 Å². The maximum Gasteiger partial charge on any atom is 0.228 e. The van der Waals surface area contributed by atoms with E-state index in [1.54, 1.807) is 6.07 Å². The zero-order valence-corrected chi connectivity index (χ0v) is 10.2. The molecule has 0 radical (unpaired) electrons. The smallest absolute Gasteiger partial charge is 0.228 e. The number of anilines is 2. The molecule has 1 aromatic rings. The number of nitrogen functional groups attached to an aromatic ring is 1. The third-order valence-electron chi connectivity index (χ3n) is 3.14. The molecule has 0 unspecified atom stereocenters. The first kappa shape index (κ1) is 11.5. The second-order valence-corrected chi connectivity index (χ2v) is 4.71. The Kier molecular flexibility index (Phi) is 3.49. The quantitative estimate of drug-likeness (QED) is 0.807. The number of hydrogen-bond acceptors (Lipinski definition) is 4. The summed E-state index contributed by atoms with van der Waals surface area (Å²) in [6.07, 6.45) is 6.30. The average molecular weight is 241 g/mol. The van der Waals surface area contributed by atoms with Gasteiger partial charge in [0.05, 0.1) is 0 Å². The van der Waals surface area contributed by atoms with Crippen LogP contribution in [0.5, 0.6) is 0 Å². The molecule has 1 aliphatic rings. The van der Waals surface area contributed by atoms with Crippen molar-refractivity contribution in [3.8, 4) is 0 Å². The van der Waals surface area contributed by atoms with Crippen LogP contribution in [0.2, 0.25) is 5.15 Å². The number of nitrogens with two attached hydrogens (primary N) is 1. The van der Waals surface area contributed by atoms with Crippen molar-refractivity contribution in [2.75, 3.05) is 17.7 Å². The zero-order valence-electron chi connectivity index (χ0n) is 9.49. The van der Waals surface area contributed by atoms with Crippen LogP contribution in [0.3, 0.4) is 0 Å². The summed E-state index contributed by atoms with van der Waals surface area (Å²) in [5, 5.41) is 0.408. The van der Waals surface area contributed by atoms with Gasteiger partial charge < -0.3 is 10.6 Å². The lowest BCUT2D eigenvalue weighted by Gasteiger charge is -2.31. The van der Waals surface area contributed by atoms with Crippen molar-refractivity contribution in [3.05, 3.63) is 11.2 Å². The summed E-state index contributed by atoms with van der Waals surface area (Å²) in [4.78, 5) is 10.5. The van der Waals surface area contributed by atoms with Crippen molar-refractivity contribution >= 4 is 23.4 Å². The fourth-order valence-electron chi connectivity index (χ4n) is 2.21. The molecule has 2 rings (SSSR count). The van der Waals surface area contributed by atoms with E-state index in [4.69, 9.17) is 17.3 Å². The average Bonchev–Trinajstić information content (AvgIpc) is 2.28. The number of nitrogens with zero attached hydrogens (tertiary/aromatic N) is 3. The fourth-order valence-corrected chi connectivity index (χ4v) is 2.40. The van der Waals surface area contributed by atoms with Crippen LogP contribution in [0, 0.1) is 0 Å². The Morgan fingerprint density at radius 3 is 2.62 bits per heavy atom. The zero-order chi connectivity index (χ0) is 11.5. The van der Waals surface area contributed by atoms with Crippen molar-refractivity contribution in [1.29, 1.82) is 0 Å². The highest BCUT2D eigenvalue weighted by Crippen LogP contribution is 2.25. The Balaban J connectivity index is 2.15. The Labute approximate surface area is 101 Å². The van der Waals surface area contributed by atoms with Crippen LogP contribution in [-0.4, -0.2) is 23.1 Å². The molecule has 1 aromatic heterocycles. The standard InChI is InChI=1S/C11H17ClN4/c1-16(8-5-3-2-4-6-8)11-14-9(12)7-10(13)15-11/h7-8H,2-6H2,1H3,(H2,13,14,15). The van der Waals surface area contributed by atoms with Crippen molar-refractivity contribution in [2.24, 2.45) is 0 Å². The maximum absolute atomic E-state index is 5.88. The van der Waals surface area contributed by atoms with Gasteiger partial charge in [0.25, 0.3) is 0 Å². The Morgan fingerprint density at radius 2 is 2.00 bits per heavy atom. The van der Waals surface area contributed by atoms with Crippen LogP contribution in [0.25, 0.3) is 0 Å². The van der Waals surface area contributed by atoms with E-state index in [1.165, 1.54) is 32.1 Å². The van der Waals surface area contributed by atoms with Crippen molar-refractivity contribution in [3.63, 3.8) is 0 Å². The molecule has 0 aromatic carbocycles. The van der Waals surface area contributed by atoms with Gasteiger partial charge in [-0.25, -0.2) is 4.98 Å². The van der Waals surface area contributed by atoms with Crippen molar-refractivity contribution in [2.45, 2.75) is 38.1 Å². The van der Waals surface area contributed by atoms with Crippen LogP contribution in [0.1, 0.15) is 32.1 Å². The third kappa shape index (κ3) is 2.55. The molecule has 0 amide bonds. The summed E-state index contributed by atoms with van der Waals surface area (Å²) < 4.78 is 0. The number of aromatic nitrogens is 2. The number of halogens is 1. The van der Waals surface area contributed by atoms with E-state index in [-0.39, 0.29) is 0 Å². The Bertz CT molecular complexity index is 343. The molecule has 1 heterocycles. The molecule has 0 bridgehead atoms. The van der Waals surface area contributed by atoms with E-state index in [1.807, 2.05) is 7.05 Å². The van der Waals surface area contributed by atoms with E-state index in [9.17, 15) is 0 Å². The topological polar surface area (TPSA) is 55.0 Å². The molecule has 2 N–H and O–H groups in total. The molecule has 16 heavy (non-hydrogen) atoms. The molecule has 0 spiro atoms. The summed E-state index contributed by atoms with van der Waals surface area (Å²) >= 11 is 5.88. The van der Waals surface area contributed by atoms with Crippen LogP contribution in [0.15, 0.2) is 6.07 Å². The molecule has 0 atom stereocenters. The number of rotatable bonds is 2. The van der Waals surface area contributed by atoms with E-state index >= 15 is 0 Å². The second-order valence-electron chi connectivity index (χ2n) is 4.32. The minimum absolute atomic E-state index is 0.408. The molecule has 4 nitrogen and oxygen atoms in total. The summed E-state index contributed by atoms with van der Waals surface area (Å²) in [5.41, 5.74) is 5.66. The second kappa shape index (κ2) is 4.87. The van der Waals surface area contributed by atoms with Gasteiger partial charge in [0.15, 0.2) is 0 Å². The maximum atomic E-state index is 5.88. The van der Waals surface area contributed by atoms with Gasteiger partial charge in [-0.2, -0.15) is 4.98 Å². The first-order valence-electron chi connectivity index (χ1n) is 5.69. The summed E-state index contributed by atoms with van der Waals surface area (Å²) in [6, 6.07) is 2.09. The fraction of sp³-hybridized carbons (Fsp3) is 0.636. The molecule has 88 valence electrons. The monoisotopic (exact) mass is 240 g/mol. The third-order valence-corrected chi connectivity index (χ3v) is 3.33. The summed E-state index contributed by atoms with van der Waals surface area (Å²) in [5.74, 6) is 1.06. The van der Waals surface area contributed by atoms with Crippen molar-refractivity contribution < 1.29 is 0 Å². The summed E-state index contributed by atoms with van der Waals surface area (Å²) in [6.45, 7) is 0. The van der Waals surface area contributed by atoms with Gasteiger partial charge in [0.2, 0.25) is 5.95 Å². The normalized spacial score (nSPS) is 17.4. The van der Waals surface area contributed by atoms with Crippen LogP contribution in [0.4, 0.5) is 11.8 Å². The summed E-state index contributed by atoms with van der Waals surface area (Å²) in [7, 11) is 2.01.